The van der Waals surface area contributed by atoms with E-state index in [1.54, 1.807) is 13.2 Å². The summed E-state index contributed by atoms with van der Waals surface area (Å²) in [6.45, 7) is 1.80. The normalized spacial score (nSPS) is 14.3. The third-order valence-corrected chi connectivity index (χ3v) is 3.79. The predicted octanol–water partition coefficient (Wildman–Crippen LogP) is 1.60. The number of likely N-dealkylation sites (tertiary alicyclic amines) is 1. The third kappa shape index (κ3) is 2.85. The van der Waals surface area contributed by atoms with Gasteiger partial charge in [-0.25, -0.2) is 0 Å². The van der Waals surface area contributed by atoms with Crippen LogP contribution in [0.15, 0.2) is 23.1 Å². The zero-order valence-corrected chi connectivity index (χ0v) is 10.6. The first-order valence-electron chi connectivity index (χ1n) is 5.55. The van der Waals surface area contributed by atoms with E-state index in [2.05, 4.69) is 0 Å². The van der Waals surface area contributed by atoms with E-state index in [9.17, 15) is 4.79 Å². The Morgan fingerprint density at radius 2 is 2.29 bits per heavy atom. The largest absolute Gasteiger partial charge is 0.496 e. The quantitative estimate of drug-likeness (QED) is 0.653. The fourth-order valence-electron chi connectivity index (χ4n) is 1.60. The van der Waals surface area contributed by atoms with Crippen molar-refractivity contribution in [1.82, 2.24) is 4.90 Å². The zero-order chi connectivity index (χ0) is 12.3. The van der Waals surface area contributed by atoms with Gasteiger partial charge in [-0.15, -0.1) is 11.8 Å². The first kappa shape index (κ1) is 12.1. The van der Waals surface area contributed by atoms with Crippen LogP contribution in [-0.4, -0.2) is 36.8 Å². The van der Waals surface area contributed by atoms with E-state index in [0.29, 0.717) is 11.4 Å². The lowest BCUT2D eigenvalue weighted by molar-refractivity contribution is -0.131. The Kier molecular flexibility index (Phi) is 3.78. The summed E-state index contributed by atoms with van der Waals surface area (Å²) in [5.41, 5.74) is 6.34. The van der Waals surface area contributed by atoms with Crippen LogP contribution in [0.1, 0.15) is 6.42 Å². The molecule has 92 valence electrons. The Balaban J connectivity index is 1.95. The maximum atomic E-state index is 11.7. The van der Waals surface area contributed by atoms with E-state index >= 15 is 0 Å². The fourth-order valence-corrected chi connectivity index (χ4v) is 2.51. The molecule has 1 aromatic carbocycles. The van der Waals surface area contributed by atoms with E-state index in [0.717, 1.165) is 30.2 Å². The summed E-state index contributed by atoms with van der Waals surface area (Å²) in [4.78, 5) is 14.5. The Morgan fingerprint density at radius 1 is 1.53 bits per heavy atom. The molecule has 0 saturated carbocycles. The standard InChI is InChI=1S/C12H16N2O2S/c1-16-10-7-9(13)3-4-11(10)17-8-12(15)14-5-2-6-14/h3-4,7H,2,5-6,8,13H2,1H3. The monoisotopic (exact) mass is 252 g/mol. The van der Waals surface area contributed by atoms with Crippen LogP contribution in [0.2, 0.25) is 0 Å². The van der Waals surface area contributed by atoms with Crippen molar-refractivity contribution in [2.24, 2.45) is 0 Å². The molecule has 1 aliphatic rings. The van der Waals surface area contributed by atoms with E-state index < -0.39 is 0 Å². The van der Waals surface area contributed by atoms with Crippen LogP contribution < -0.4 is 10.5 Å². The number of nitrogens with zero attached hydrogens (tertiary/aromatic N) is 1. The molecule has 1 fully saturated rings. The van der Waals surface area contributed by atoms with Crippen molar-refractivity contribution in [3.05, 3.63) is 18.2 Å². The van der Waals surface area contributed by atoms with E-state index in [1.807, 2.05) is 17.0 Å². The molecule has 4 nitrogen and oxygen atoms in total. The number of benzene rings is 1. The fraction of sp³-hybridized carbons (Fsp3) is 0.417. The second kappa shape index (κ2) is 5.31. The smallest absolute Gasteiger partial charge is 0.232 e. The van der Waals surface area contributed by atoms with Crippen LogP contribution in [0.4, 0.5) is 5.69 Å². The van der Waals surface area contributed by atoms with Gasteiger partial charge in [0.05, 0.1) is 12.9 Å². The average molecular weight is 252 g/mol. The molecular weight excluding hydrogens is 236 g/mol. The van der Waals surface area contributed by atoms with Gasteiger partial charge in [-0.05, 0) is 18.6 Å². The second-order valence-electron chi connectivity index (χ2n) is 3.93. The molecule has 1 saturated heterocycles. The van der Waals surface area contributed by atoms with Gasteiger partial charge in [0.1, 0.15) is 5.75 Å². The number of carbonyl (C=O) groups is 1. The van der Waals surface area contributed by atoms with Crippen molar-refractivity contribution in [2.75, 3.05) is 31.7 Å². The summed E-state index contributed by atoms with van der Waals surface area (Å²) in [5, 5.41) is 0. The van der Waals surface area contributed by atoms with E-state index in [4.69, 9.17) is 10.5 Å². The van der Waals surface area contributed by atoms with Crippen LogP contribution in [0.25, 0.3) is 0 Å². The lowest BCUT2D eigenvalue weighted by Crippen LogP contribution is -2.43. The second-order valence-corrected chi connectivity index (χ2v) is 4.95. The number of methoxy groups -OCH3 is 1. The molecular formula is C12H16N2O2S. The first-order valence-corrected chi connectivity index (χ1v) is 6.53. The van der Waals surface area contributed by atoms with Crippen molar-refractivity contribution in [1.29, 1.82) is 0 Å². The van der Waals surface area contributed by atoms with Crippen molar-refractivity contribution >= 4 is 23.4 Å². The number of nitrogens with two attached hydrogens (primary N) is 1. The molecule has 0 aliphatic carbocycles. The first-order chi connectivity index (χ1) is 8.20. The highest BCUT2D eigenvalue weighted by Gasteiger charge is 2.20. The minimum Gasteiger partial charge on any atom is -0.496 e. The zero-order valence-electron chi connectivity index (χ0n) is 9.81. The van der Waals surface area contributed by atoms with Gasteiger partial charge in [0.15, 0.2) is 0 Å². The molecule has 1 aliphatic heterocycles. The number of anilines is 1. The van der Waals surface area contributed by atoms with Gasteiger partial charge in [0.2, 0.25) is 5.91 Å². The highest BCUT2D eigenvalue weighted by atomic mass is 32.2. The van der Waals surface area contributed by atoms with Gasteiger partial charge >= 0.3 is 0 Å². The number of hydrogen-bond donors (Lipinski definition) is 1. The van der Waals surface area contributed by atoms with Crippen LogP contribution in [0.5, 0.6) is 5.75 Å². The van der Waals surface area contributed by atoms with Gasteiger partial charge < -0.3 is 15.4 Å². The van der Waals surface area contributed by atoms with Gasteiger partial charge in [-0.3, -0.25) is 4.79 Å². The lowest BCUT2D eigenvalue weighted by Gasteiger charge is -2.30. The summed E-state index contributed by atoms with van der Waals surface area (Å²) in [6.07, 6.45) is 1.13. The topological polar surface area (TPSA) is 55.6 Å². The number of carbonyl (C=O) groups excluding carboxylic acids is 1. The molecule has 2 N–H and O–H groups in total. The minimum absolute atomic E-state index is 0.195. The summed E-state index contributed by atoms with van der Waals surface area (Å²) < 4.78 is 5.23. The molecule has 1 heterocycles. The molecule has 2 rings (SSSR count). The van der Waals surface area contributed by atoms with E-state index in [1.165, 1.54) is 11.8 Å². The van der Waals surface area contributed by atoms with Gasteiger partial charge in [-0.2, -0.15) is 0 Å². The Bertz CT molecular complexity index is 419. The molecule has 0 bridgehead atoms. The maximum Gasteiger partial charge on any atom is 0.232 e. The molecule has 0 radical (unpaired) electrons. The highest BCUT2D eigenvalue weighted by Crippen LogP contribution is 2.31. The van der Waals surface area contributed by atoms with Crippen LogP contribution in [0, 0.1) is 0 Å². The molecule has 0 atom stereocenters. The number of hydrogen-bond acceptors (Lipinski definition) is 4. The summed E-state index contributed by atoms with van der Waals surface area (Å²) in [7, 11) is 1.61. The lowest BCUT2D eigenvalue weighted by atomic mass is 10.2. The predicted molar refractivity (Wildman–Crippen MR) is 69.3 cm³/mol. The molecule has 0 spiro atoms. The van der Waals surface area contributed by atoms with Gasteiger partial charge in [-0.1, -0.05) is 0 Å². The van der Waals surface area contributed by atoms with Crippen LogP contribution in [0.3, 0.4) is 0 Å². The number of rotatable bonds is 4. The number of thioether (sulfide) groups is 1. The summed E-state index contributed by atoms with van der Waals surface area (Å²) >= 11 is 1.49. The van der Waals surface area contributed by atoms with Crippen LogP contribution >= 0.6 is 11.8 Å². The van der Waals surface area contributed by atoms with Crippen LogP contribution in [-0.2, 0) is 4.79 Å². The number of nitrogen functional groups attached to an aromatic ring is 1. The van der Waals surface area contributed by atoms with Gasteiger partial charge in [0.25, 0.3) is 0 Å². The third-order valence-electron chi connectivity index (χ3n) is 2.75. The molecule has 1 aromatic rings. The van der Waals surface area contributed by atoms with Crippen molar-refractivity contribution in [3.8, 4) is 5.75 Å². The molecule has 0 unspecified atom stereocenters. The molecule has 1 amide bonds. The Labute approximate surface area is 105 Å². The SMILES string of the molecule is COc1cc(N)ccc1SCC(=O)N1CCC1. The Hall–Kier alpha value is -1.36. The summed E-state index contributed by atoms with van der Waals surface area (Å²) in [6, 6.07) is 5.48. The minimum atomic E-state index is 0.195. The van der Waals surface area contributed by atoms with Gasteiger partial charge in [0, 0.05) is 29.7 Å². The number of amides is 1. The van der Waals surface area contributed by atoms with Crippen molar-refractivity contribution in [3.63, 3.8) is 0 Å². The van der Waals surface area contributed by atoms with E-state index in [-0.39, 0.29) is 5.91 Å². The molecule has 5 heteroatoms. The van der Waals surface area contributed by atoms with Crippen molar-refractivity contribution < 1.29 is 9.53 Å². The molecule has 17 heavy (non-hydrogen) atoms. The average Bonchev–Trinajstić information content (AvgIpc) is 2.24. The molecule has 0 aromatic heterocycles. The summed E-state index contributed by atoms with van der Waals surface area (Å²) in [5.74, 6) is 1.38. The highest BCUT2D eigenvalue weighted by molar-refractivity contribution is 8.00. The maximum absolute atomic E-state index is 11.7. The Morgan fingerprint density at radius 3 is 2.88 bits per heavy atom. The number of ether oxygens (including phenoxy) is 1. The van der Waals surface area contributed by atoms with Crippen molar-refractivity contribution in [2.45, 2.75) is 11.3 Å².